The van der Waals surface area contributed by atoms with Crippen LogP contribution in [0, 0.1) is 0 Å². The van der Waals surface area contributed by atoms with Gasteiger partial charge in [0.05, 0.1) is 0 Å². The fourth-order valence-corrected chi connectivity index (χ4v) is 2.24. The minimum atomic E-state index is 0.348. The predicted octanol–water partition coefficient (Wildman–Crippen LogP) is 2.93. The number of benzene rings is 1. The fraction of sp³-hybridized carbons (Fsp3) is 0.455. The van der Waals surface area contributed by atoms with Crippen molar-refractivity contribution in [1.82, 2.24) is 0 Å². The highest BCUT2D eigenvalue weighted by atomic mass is 35.5. The molecule has 2 heteroatoms. The van der Waals surface area contributed by atoms with Crippen molar-refractivity contribution in [3.8, 4) is 0 Å². The molecule has 2 atom stereocenters. The number of hydrogen-bond acceptors (Lipinski definition) is 1. The third kappa shape index (κ3) is 1.87. The Morgan fingerprint density at radius 2 is 1.85 bits per heavy atom. The highest BCUT2D eigenvalue weighted by Gasteiger charge is 2.24. The van der Waals surface area contributed by atoms with E-state index in [4.69, 9.17) is 17.3 Å². The predicted molar refractivity (Wildman–Crippen MR) is 56.0 cm³/mol. The number of halogens is 1. The van der Waals surface area contributed by atoms with Crippen molar-refractivity contribution in [2.45, 2.75) is 31.2 Å². The van der Waals surface area contributed by atoms with Gasteiger partial charge in [-0.25, -0.2) is 0 Å². The standard InChI is InChI=1S/C11H14ClN/c12-9-6-4-8(5-7-9)10-2-1-3-11(10)13/h4-7,10-11H,1-3,13H2/t10-,11-/m0/s1. The molecule has 2 rings (SSSR count). The second-order valence-electron chi connectivity index (χ2n) is 3.75. The van der Waals surface area contributed by atoms with E-state index in [2.05, 4.69) is 12.1 Å². The van der Waals surface area contributed by atoms with E-state index in [1.54, 1.807) is 0 Å². The van der Waals surface area contributed by atoms with Gasteiger partial charge in [0.15, 0.2) is 0 Å². The van der Waals surface area contributed by atoms with Crippen molar-refractivity contribution < 1.29 is 0 Å². The first-order valence-electron chi connectivity index (χ1n) is 4.78. The van der Waals surface area contributed by atoms with Crippen LogP contribution in [0.2, 0.25) is 5.02 Å². The molecule has 1 nitrogen and oxygen atoms in total. The lowest BCUT2D eigenvalue weighted by molar-refractivity contribution is 0.613. The normalized spacial score (nSPS) is 27.8. The summed E-state index contributed by atoms with van der Waals surface area (Å²) < 4.78 is 0. The molecule has 0 amide bonds. The highest BCUT2D eigenvalue weighted by molar-refractivity contribution is 6.30. The SMILES string of the molecule is N[C@H]1CCC[C@H]1c1ccc(Cl)cc1. The van der Waals surface area contributed by atoms with Crippen molar-refractivity contribution in [2.75, 3.05) is 0 Å². The molecule has 1 saturated carbocycles. The topological polar surface area (TPSA) is 26.0 Å². The van der Waals surface area contributed by atoms with Crippen molar-refractivity contribution in [2.24, 2.45) is 5.73 Å². The Bertz CT molecular complexity index is 281. The monoisotopic (exact) mass is 195 g/mol. The van der Waals surface area contributed by atoms with E-state index >= 15 is 0 Å². The smallest absolute Gasteiger partial charge is 0.0406 e. The third-order valence-electron chi connectivity index (χ3n) is 2.87. The molecule has 70 valence electrons. The van der Waals surface area contributed by atoms with Gasteiger partial charge in [-0.1, -0.05) is 30.2 Å². The van der Waals surface area contributed by atoms with Crippen molar-refractivity contribution in [1.29, 1.82) is 0 Å². The van der Waals surface area contributed by atoms with Crippen LogP contribution in [-0.2, 0) is 0 Å². The summed E-state index contributed by atoms with van der Waals surface area (Å²) in [6, 6.07) is 8.43. The average molecular weight is 196 g/mol. The molecule has 2 N–H and O–H groups in total. The Kier molecular flexibility index (Phi) is 2.56. The summed E-state index contributed by atoms with van der Waals surface area (Å²) in [4.78, 5) is 0. The molecule has 0 unspecified atom stereocenters. The van der Waals surface area contributed by atoms with Crippen LogP contribution >= 0.6 is 11.6 Å². The summed E-state index contributed by atoms with van der Waals surface area (Å²) >= 11 is 5.82. The van der Waals surface area contributed by atoms with Crippen LogP contribution in [-0.4, -0.2) is 6.04 Å². The minimum Gasteiger partial charge on any atom is -0.327 e. The second-order valence-corrected chi connectivity index (χ2v) is 4.19. The number of nitrogens with two attached hydrogens (primary N) is 1. The van der Waals surface area contributed by atoms with Gasteiger partial charge in [-0.3, -0.25) is 0 Å². The van der Waals surface area contributed by atoms with Crippen LogP contribution in [0.3, 0.4) is 0 Å². The van der Waals surface area contributed by atoms with Crippen LogP contribution < -0.4 is 5.73 Å². The molecular weight excluding hydrogens is 182 g/mol. The second kappa shape index (κ2) is 3.69. The Morgan fingerprint density at radius 3 is 2.38 bits per heavy atom. The average Bonchev–Trinajstić information content (AvgIpc) is 2.53. The van der Waals surface area contributed by atoms with E-state index in [1.165, 1.54) is 18.4 Å². The molecule has 0 heterocycles. The van der Waals surface area contributed by atoms with Crippen LogP contribution in [0.1, 0.15) is 30.7 Å². The largest absolute Gasteiger partial charge is 0.327 e. The third-order valence-corrected chi connectivity index (χ3v) is 3.12. The summed E-state index contributed by atoms with van der Waals surface area (Å²) in [5.41, 5.74) is 7.36. The lowest BCUT2D eigenvalue weighted by Gasteiger charge is -2.15. The Labute approximate surface area is 83.9 Å². The Morgan fingerprint density at radius 1 is 1.15 bits per heavy atom. The maximum Gasteiger partial charge on any atom is 0.0406 e. The van der Waals surface area contributed by atoms with Gasteiger partial charge in [-0.05, 0) is 36.5 Å². The molecule has 0 saturated heterocycles. The fourth-order valence-electron chi connectivity index (χ4n) is 2.11. The molecule has 1 aliphatic rings. The molecule has 0 radical (unpaired) electrons. The molecule has 1 aromatic carbocycles. The van der Waals surface area contributed by atoms with E-state index in [1.807, 2.05) is 12.1 Å². The summed E-state index contributed by atoms with van der Waals surface area (Å²) in [5.74, 6) is 0.553. The molecule has 1 fully saturated rings. The Hall–Kier alpha value is -0.530. The highest BCUT2D eigenvalue weighted by Crippen LogP contribution is 2.33. The summed E-state index contributed by atoms with van der Waals surface area (Å²) in [5, 5.41) is 0.801. The molecule has 1 aliphatic carbocycles. The van der Waals surface area contributed by atoms with Crippen molar-refractivity contribution >= 4 is 11.6 Å². The van der Waals surface area contributed by atoms with E-state index in [9.17, 15) is 0 Å². The zero-order valence-corrected chi connectivity index (χ0v) is 8.30. The lowest BCUT2D eigenvalue weighted by atomic mass is 9.95. The van der Waals surface area contributed by atoms with Gasteiger partial charge in [0.2, 0.25) is 0 Å². The molecule has 0 bridgehead atoms. The molecule has 13 heavy (non-hydrogen) atoms. The van der Waals surface area contributed by atoms with E-state index in [-0.39, 0.29) is 0 Å². The molecule has 0 aromatic heterocycles. The summed E-state index contributed by atoms with van der Waals surface area (Å²) in [7, 11) is 0. The zero-order valence-electron chi connectivity index (χ0n) is 7.54. The van der Waals surface area contributed by atoms with Crippen LogP contribution in [0.4, 0.5) is 0 Å². The van der Waals surface area contributed by atoms with Gasteiger partial charge in [0.1, 0.15) is 0 Å². The Balaban J connectivity index is 2.20. The van der Waals surface area contributed by atoms with Gasteiger partial charge in [-0.2, -0.15) is 0 Å². The number of hydrogen-bond donors (Lipinski definition) is 1. The molecule has 1 aromatic rings. The zero-order chi connectivity index (χ0) is 9.26. The first-order valence-corrected chi connectivity index (χ1v) is 5.16. The van der Waals surface area contributed by atoms with E-state index < -0.39 is 0 Å². The lowest BCUT2D eigenvalue weighted by Crippen LogP contribution is -2.22. The molecule has 0 aliphatic heterocycles. The van der Waals surface area contributed by atoms with Crippen LogP contribution in [0.25, 0.3) is 0 Å². The maximum absolute atomic E-state index is 6.02. The minimum absolute atomic E-state index is 0.348. The van der Waals surface area contributed by atoms with Crippen molar-refractivity contribution in [3.05, 3.63) is 34.9 Å². The van der Waals surface area contributed by atoms with Crippen LogP contribution in [0.5, 0.6) is 0 Å². The summed E-state index contributed by atoms with van der Waals surface area (Å²) in [6.07, 6.45) is 3.64. The van der Waals surface area contributed by atoms with Crippen molar-refractivity contribution in [3.63, 3.8) is 0 Å². The quantitative estimate of drug-likeness (QED) is 0.733. The van der Waals surface area contributed by atoms with Gasteiger partial charge < -0.3 is 5.73 Å². The molecular formula is C11H14ClN. The van der Waals surface area contributed by atoms with Gasteiger partial charge in [0, 0.05) is 11.1 Å². The maximum atomic E-state index is 6.02. The van der Waals surface area contributed by atoms with E-state index in [0.29, 0.717) is 12.0 Å². The van der Waals surface area contributed by atoms with Gasteiger partial charge in [-0.15, -0.1) is 0 Å². The molecule has 0 spiro atoms. The van der Waals surface area contributed by atoms with E-state index in [0.717, 1.165) is 11.4 Å². The summed E-state index contributed by atoms with van der Waals surface area (Å²) in [6.45, 7) is 0. The van der Waals surface area contributed by atoms with Gasteiger partial charge in [0.25, 0.3) is 0 Å². The first-order chi connectivity index (χ1) is 6.27. The number of rotatable bonds is 1. The van der Waals surface area contributed by atoms with Crippen LogP contribution in [0.15, 0.2) is 24.3 Å². The van der Waals surface area contributed by atoms with Gasteiger partial charge >= 0.3 is 0 Å². The first kappa shape index (κ1) is 9.04.